The molecular formula is C13H16N4. The van der Waals surface area contributed by atoms with Gasteiger partial charge in [0, 0.05) is 13.1 Å². The fourth-order valence-electron chi connectivity index (χ4n) is 2.41. The van der Waals surface area contributed by atoms with Crippen LogP contribution >= 0.6 is 0 Å². The summed E-state index contributed by atoms with van der Waals surface area (Å²) in [5, 5.41) is 11.8. The van der Waals surface area contributed by atoms with Crippen molar-refractivity contribution in [2.75, 3.05) is 0 Å². The average Bonchev–Trinajstić information content (AvgIpc) is 2.86. The summed E-state index contributed by atoms with van der Waals surface area (Å²) >= 11 is 0. The van der Waals surface area contributed by atoms with Gasteiger partial charge in [-0.05, 0) is 24.5 Å². The number of hydrogen-bond donors (Lipinski definition) is 1. The van der Waals surface area contributed by atoms with Crippen LogP contribution < -0.4 is 5.32 Å². The Bertz CT molecular complexity index is 518. The third-order valence-electron chi connectivity index (χ3n) is 3.38. The van der Waals surface area contributed by atoms with Crippen LogP contribution in [0.25, 0.3) is 0 Å². The van der Waals surface area contributed by atoms with Gasteiger partial charge in [-0.15, -0.1) is 10.2 Å². The van der Waals surface area contributed by atoms with Gasteiger partial charge in [-0.25, -0.2) is 0 Å². The van der Waals surface area contributed by atoms with Crippen LogP contribution in [0.15, 0.2) is 30.6 Å². The van der Waals surface area contributed by atoms with E-state index in [1.54, 1.807) is 6.33 Å². The smallest absolute Gasteiger partial charge is 0.150 e. The van der Waals surface area contributed by atoms with Crippen molar-refractivity contribution in [1.82, 2.24) is 20.1 Å². The lowest BCUT2D eigenvalue weighted by Crippen LogP contribution is -2.30. The van der Waals surface area contributed by atoms with E-state index < -0.39 is 0 Å². The number of hydrogen-bond acceptors (Lipinski definition) is 3. The van der Waals surface area contributed by atoms with E-state index in [4.69, 9.17) is 0 Å². The first-order chi connectivity index (χ1) is 8.38. The monoisotopic (exact) mass is 228 g/mol. The summed E-state index contributed by atoms with van der Waals surface area (Å²) in [6.07, 6.45) is 2.80. The maximum Gasteiger partial charge on any atom is 0.150 e. The molecule has 1 aromatic heterocycles. The maximum atomic E-state index is 4.23. The third-order valence-corrected chi connectivity index (χ3v) is 3.38. The molecule has 17 heavy (non-hydrogen) atoms. The number of nitrogens with one attached hydrogen (secondary N) is 1. The van der Waals surface area contributed by atoms with Gasteiger partial charge in [0.2, 0.25) is 0 Å². The number of aryl methyl sites for hydroxylation is 1. The van der Waals surface area contributed by atoms with Gasteiger partial charge in [-0.1, -0.05) is 24.3 Å². The average molecular weight is 228 g/mol. The normalized spacial score (nSPS) is 19.0. The second-order valence-electron chi connectivity index (χ2n) is 4.38. The Hall–Kier alpha value is -1.68. The lowest BCUT2D eigenvalue weighted by molar-refractivity contribution is 0.456. The summed E-state index contributed by atoms with van der Waals surface area (Å²) in [6, 6.07) is 8.87. The molecular weight excluding hydrogens is 212 g/mol. The lowest BCUT2D eigenvalue weighted by atomic mass is 9.95. The van der Waals surface area contributed by atoms with Gasteiger partial charge in [-0.2, -0.15) is 0 Å². The maximum absolute atomic E-state index is 4.23. The highest BCUT2D eigenvalue weighted by atomic mass is 15.3. The quantitative estimate of drug-likeness (QED) is 0.850. The minimum Gasteiger partial charge on any atom is -0.317 e. The van der Waals surface area contributed by atoms with E-state index in [9.17, 15) is 0 Å². The Labute approximate surface area is 101 Å². The van der Waals surface area contributed by atoms with Crippen LogP contribution in [0.4, 0.5) is 0 Å². The van der Waals surface area contributed by atoms with Crippen molar-refractivity contribution in [2.24, 2.45) is 0 Å². The Morgan fingerprint density at radius 3 is 3.00 bits per heavy atom. The molecule has 1 aliphatic rings. The van der Waals surface area contributed by atoms with Crippen molar-refractivity contribution in [3.05, 3.63) is 47.5 Å². The van der Waals surface area contributed by atoms with Gasteiger partial charge in [0.05, 0.1) is 6.04 Å². The number of aromatic nitrogens is 3. The zero-order valence-electron chi connectivity index (χ0n) is 9.93. The van der Waals surface area contributed by atoms with Crippen molar-refractivity contribution in [1.29, 1.82) is 0 Å². The highest BCUT2D eigenvalue weighted by molar-refractivity contribution is 5.30. The van der Waals surface area contributed by atoms with Crippen LogP contribution in [-0.4, -0.2) is 14.8 Å². The van der Waals surface area contributed by atoms with E-state index in [1.807, 2.05) is 0 Å². The third kappa shape index (κ3) is 1.85. The minimum absolute atomic E-state index is 0.285. The Balaban J connectivity index is 1.89. The standard InChI is InChI=1S/C13H16N4/c1-2-17-9-15-16-13(17)12-7-10-5-3-4-6-11(10)8-14-12/h3-6,9,12,14H,2,7-8H2,1H3. The van der Waals surface area contributed by atoms with Gasteiger partial charge in [0.15, 0.2) is 0 Å². The lowest BCUT2D eigenvalue weighted by Gasteiger charge is -2.25. The summed E-state index contributed by atoms with van der Waals surface area (Å²) in [6.45, 7) is 3.95. The first-order valence-electron chi connectivity index (χ1n) is 6.06. The van der Waals surface area contributed by atoms with Gasteiger partial charge < -0.3 is 9.88 Å². The highest BCUT2D eigenvalue weighted by Gasteiger charge is 2.22. The van der Waals surface area contributed by atoms with E-state index in [-0.39, 0.29) is 6.04 Å². The van der Waals surface area contributed by atoms with Crippen LogP contribution in [0.2, 0.25) is 0 Å². The van der Waals surface area contributed by atoms with Gasteiger partial charge in [-0.3, -0.25) is 0 Å². The molecule has 0 amide bonds. The zero-order valence-corrected chi connectivity index (χ0v) is 9.93. The molecule has 0 saturated heterocycles. The molecule has 2 aromatic rings. The molecule has 1 aromatic carbocycles. The molecule has 0 aliphatic carbocycles. The van der Waals surface area contributed by atoms with E-state index >= 15 is 0 Å². The minimum atomic E-state index is 0.285. The molecule has 88 valence electrons. The molecule has 0 bridgehead atoms. The highest BCUT2D eigenvalue weighted by Crippen LogP contribution is 2.24. The topological polar surface area (TPSA) is 42.7 Å². The number of benzene rings is 1. The molecule has 0 fully saturated rings. The molecule has 1 atom stereocenters. The van der Waals surface area contributed by atoms with Gasteiger partial charge >= 0.3 is 0 Å². The fourth-order valence-corrected chi connectivity index (χ4v) is 2.41. The Kier molecular flexibility index (Phi) is 2.65. The van der Waals surface area contributed by atoms with Gasteiger partial charge in [0.1, 0.15) is 12.2 Å². The molecule has 0 spiro atoms. The second-order valence-corrected chi connectivity index (χ2v) is 4.38. The summed E-state index contributed by atoms with van der Waals surface area (Å²) in [5.41, 5.74) is 2.81. The van der Waals surface area contributed by atoms with E-state index in [0.29, 0.717) is 0 Å². The van der Waals surface area contributed by atoms with Crippen LogP contribution in [-0.2, 0) is 19.5 Å². The predicted octanol–water partition coefficient (Wildman–Crippen LogP) is 1.68. The van der Waals surface area contributed by atoms with Crippen molar-refractivity contribution < 1.29 is 0 Å². The van der Waals surface area contributed by atoms with Gasteiger partial charge in [0.25, 0.3) is 0 Å². The second kappa shape index (κ2) is 4.30. The molecule has 0 radical (unpaired) electrons. The van der Waals surface area contributed by atoms with Crippen molar-refractivity contribution in [3.8, 4) is 0 Å². The predicted molar refractivity (Wildman–Crippen MR) is 65.4 cm³/mol. The first kappa shape index (κ1) is 10.5. The summed E-state index contributed by atoms with van der Waals surface area (Å²) in [7, 11) is 0. The van der Waals surface area contributed by atoms with Crippen molar-refractivity contribution >= 4 is 0 Å². The molecule has 0 saturated carbocycles. The summed E-state index contributed by atoms with van der Waals surface area (Å²) < 4.78 is 2.10. The summed E-state index contributed by atoms with van der Waals surface area (Å²) in [4.78, 5) is 0. The molecule has 3 rings (SSSR count). The summed E-state index contributed by atoms with van der Waals surface area (Å²) in [5.74, 6) is 1.04. The first-order valence-corrected chi connectivity index (χ1v) is 6.06. The number of nitrogens with zero attached hydrogens (tertiary/aromatic N) is 3. The number of fused-ring (bicyclic) bond motifs is 1. The van der Waals surface area contributed by atoms with Crippen LogP contribution in [0, 0.1) is 0 Å². The van der Waals surface area contributed by atoms with E-state index in [1.165, 1.54) is 11.1 Å². The SMILES string of the molecule is CCn1cnnc1C1Cc2ccccc2CN1. The Morgan fingerprint density at radius 2 is 2.18 bits per heavy atom. The van der Waals surface area contributed by atoms with E-state index in [0.717, 1.165) is 25.3 Å². The van der Waals surface area contributed by atoms with Crippen LogP contribution in [0.5, 0.6) is 0 Å². The zero-order chi connectivity index (χ0) is 11.7. The van der Waals surface area contributed by atoms with Crippen molar-refractivity contribution in [3.63, 3.8) is 0 Å². The number of rotatable bonds is 2. The largest absolute Gasteiger partial charge is 0.317 e. The molecule has 1 unspecified atom stereocenters. The molecule has 2 heterocycles. The van der Waals surface area contributed by atoms with Crippen molar-refractivity contribution in [2.45, 2.75) is 32.5 Å². The molecule has 4 nitrogen and oxygen atoms in total. The van der Waals surface area contributed by atoms with Crippen LogP contribution in [0.1, 0.15) is 29.9 Å². The van der Waals surface area contributed by atoms with E-state index in [2.05, 4.69) is 51.3 Å². The van der Waals surface area contributed by atoms with Crippen LogP contribution in [0.3, 0.4) is 0 Å². The fraction of sp³-hybridized carbons (Fsp3) is 0.385. The molecule has 1 N–H and O–H groups in total. The Morgan fingerprint density at radius 1 is 1.35 bits per heavy atom. The molecule has 1 aliphatic heterocycles. The molecule has 4 heteroatoms.